The van der Waals surface area contributed by atoms with E-state index in [4.69, 9.17) is 11.5 Å². The Labute approximate surface area is 119 Å². The third-order valence-electron chi connectivity index (χ3n) is 2.65. The summed E-state index contributed by atoms with van der Waals surface area (Å²) in [6.45, 7) is 5.69. The van der Waals surface area contributed by atoms with E-state index in [-0.39, 0.29) is 23.7 Å². The Morgan fingerprint density at radius 2 is 1.63 bits per heavy atom. The molecule has 0 spiro atoms. The lowest BCUT2D eigenvalue weighted by Gasteiger charge is -2.25. The van der Waals surface area contributed by atoms with Gasteiger partial charge in [0.25, 0.3) is 0 Å². The summed E-state index contributed by atoms with van der Waals surface area (Å²) in [5, 5.41) is 2.70. The first kappa shape index (κ1) is 17.4. The van der Waals surface area contributed by atoms with Crippen molar-refractivity contribution in [3.63, 3.8) is 0 Å². The fourth-order valence-electron chi connectivity index (χ4n) is 1.33. The zero-order valence-electron chi connectivity index (χ0n) is 11.3. The quantitative estimate of drug-likeness (QED) is 0.785. The van der Waals surface area contributed by atoms with Crippen LogP contribution in [-0.4, -0.2) is 17.9 Å². The van der Waals surface area contributed by atoms with Crippen molar-refractivity contribution in [3.8, 4) is 0 Å². The minimum atomic E-state index is -0.603. The van der Waals surface area contributed by atoms with Crippen LogP contribution >= 0.6 is 12.4 Å². The van der Waals surface area contributed by atoms with Crippen LogP contribution in [-0.2, 0) is 4.79 Å². The molecule has 0 aliphatic carbocycles. The second kappa shape index (κ2) is 6.54. The monoisotopic (exact) mass is 285 g/mol. The molecule has 6 heteroatoms. The summed E-state index contributed by atoms with van der Waals surface area (Å²) in [4.78, 5) is 22.7. The van der Waals surface area contributed by atoms with Gasteiger partial charge in [0.2, 0.25) is 11.8 Å². The highest BCUT2D eigenvalue weighted by Gasteiger charge is 2.27. The average Bonchev–Trinajstić information content (AvgIpc) is 2.27. The molecule has 0 saturated carbocycles. The number of primary amides is 1. The lowest BCUT2D eigenvalue weighted by Crippen LogP contribution is -2.45. The number of amides is 2. The fraction of sp³-hybridized carbons (Fsp3) is 0.385. The molecule has 0 aliphatic heterocycles. The van der Waals surface area contributed by atoms with Gasteiger partial charge >= 0.3 is 0 Å². The van der Waals surface area contributed by atoms with Gasteiger partial charge in [-0.2, -0.15) is 0 Å². The Balaban J connectivity index is 0.00000324. The number of rotatable bonds is 3. The summed E-state index contributed by atoms with van der Waals surface area (Å²) in [5.74, 6) is -0.756. The van der Waals surface area contributed by atoms with Crippen LogP contribution in [0.3, 0.4) is 0 Å². The van der Waals surface area contributed by atoms with Crippen LogP contribution in [0.15, 0.2) is 24.3 Å². The molecule has 0 saturated heterocycles. The summed E-state index contributed by atoms with van der Waals surface area (Å²) in [7, 11) is 0. The van der Waals surface area contributed by atoms with Crippen LogP contribution in [0.2, 0.25) is 0 Å². The molecule has 0 unspecified atom stereocenters. The second-order valence-corrected chi connectivity index (χ2v) is 5.27. The zero-order chi connectivity index (χ0) is 13.9. The molecule has 5 nitrogen and oxygen atoms in total. The van der Waals surface area contributed by atoms with E-state index in [0.717, 1.165) is 0 Å². The number of carbonyl (C=O) groups excluding carboxylic acids is 2. The second-order valence-electron chi connectivity index (χ2n) is 5.27. The lowest BCUT2D eigenvalue weighted by atomic mass is 9.87. The van der Waals surface area contributed by atoms with Gasteiger partial charge < -0.3 is 16.8 Å². The predicted octanol–water partition coefficient (Wildman–Crippen LogP) is 1.52. The maximum absolute atomic E-state index is 11.9. The van der Waals surface area contributed by atoms with Crippen molar-refractivity contribution in [1.29, 1.82) is 0 Å². The molecule has 5 N–H and O–H groups in total. The van der Waals surface area contributed by atoms with E-state index in [2.05, 4.69) is 5.32 Å². The largest absolute Gasteiger partial charge is 0.366 e. The van der Waals surface area contributed by atoms with Gasteiger partial charge in [0.05, 0.1) is 6.04 Å². The first-order chi connectivity index (χ1) is 8.21. The van der Waals surface area contributed by atoms with Gasteiger partial charge in [0.1, 0.15) is 0 Å². The van der Waals surface area contributed by atoms with E-state index >= 15 is 0 Å². The number of carbonyl (C=O) groups is 2. The Kier molecular flexibility index (Phi) is 5.99. The van der Waals surface area contributed by atoms with E-state index in [9.17, 15) is 9.59 Å². The molecule has 0 aromatic heterocycles. The van der Waals surface area contributed by atoms with Crippen LogP contribution in [0, 0.1) is 5.41 Å². The van der Waals surface area contributed by atoms with Crippen molar-refractivity contribution in [2.45, 2.75) is 26.8 Å². The molecule has 1 aromatic carbocycles. The molecular formula is C13H20ClN3O2. The Bertz CT molecular complexity index is 452. The number of halogens is 1. The maximum atomic E-state index is 11.9. The van der Waals surface area contributed by atoms with Gasteiger partial charge in [-0.05, 0) is 29.7 Å². The summed E-state index contributed by atoms with van der Waals surface area (Å²) < 4.78 is 0. The smallest absolute Gasteiger partial charge is 0.248 e. The SMILES string of the molecule is CC(C)(C)[C@H](N)C(=O)Nc1ccc(C(N)=O)cc1.Cl. The summed E-state index contributed by atoms with van der Waals surface area (Å²) >= 11 is 0. The molecule has 106 valence electrons. The molecule has 0 aliphatic rings. The van der Waals surface area contributed by atoms with Gasteiger partial charge in [-0.3, -0.25) is 9.59 Å². The molecule has 0 fully saturated rings. The minimum absolute atomic E-state index is 0. The number of hydrogen-bond donors (Lipinski definition) is 3. The topological polar surface area (TPSA) is 98.2 Å². The standard InChI is InChI=1S/C13H19N3O2.ClH/c1-13(2,3)10(14)12(18)16-9-6-4-8(5-7-9)11(15)17;/h4-7,10H,14H2,1-3H3,(H2,15,17)(H,16,18);1H/t10-;/m1./s1. The third-order valence-corrected chi connectivity index (χ3v) is 2.65. The Hall–Kier alpha value is -1.59. The fourth-order valence-corrected chi connectivity index (χ4v) is 1.33. The summed E-state index contributed by atoms with van der Waals surface area (Å²) in [6.07, 6.45) is 0. The van der Waals surface area contributed by atoms with Crippen LogP contribution in [0.5, 0.6) is 0 Å². The molecule has 2 amide bonds. The van der Waals surface area contributed by atoms with E-state index in [0.29, 0.717) is 11.3 Å². The number of anilines is 1. The van der Waals surface area contributed by atoms with Gasteiger partial charge in [-0.25, -0.2) is 0 Å². The zero-order valence-corrected chi connectivity index (χ0v) is 12.1. The number of hydrogen-bond acceptors (Lipinski definition) is 3. The van der Waals surface area contributed by atoms with E-state index in [1.54, 1.807) is 24.3 Å². The van der Waals surface area contributed by atoms with Crippen molar-refractivity contribution in [1.82, 2.24) is 0 Å². The van der Waals surface area contributed by atoms with Crippen molar-refractivity contribution >= 4 is 29.9 Å². The molecule has 0 heterocycles. The van der Waals surface area contributed by atoms with Gasteiger partial charge in [-0.15, -0.1) is 12.4 Å². The first-order valence-corrected chi connectivity index (χ1v) is 5.68. The van der Waals surface area contributed by atoms with Crippen LogP contribution in [0.4, 0.5) is 5.69 Å². The maximum Gasteiger partial charge on any atom is 0.248 e. The predicted molar refractivity (Wildman–Crippen MR) is 78.3 cm³/mol. The highest BCUT2D eigenvalue weighted by molar-refractivity contribution is 5.96. The van der Waals surface area contributed by atoms with Crippen LogP contribution < -0.4 is 16.8 Å². The van der Waals surface area contributed by atoms with E-state index in [1.165, 1.54) is 0 Å². The molecular weight excluding hydrogens is 266 g/mol. The van der Waals surface area contributed by atoms with Crippen LogP contribution in [0.1, 0.15) is 31.1 Å². The number of nitrogens with one attached hydrogen (secondary N) is 1. The highest BCUT2D eigenvalue weighted by atomic mass is 35.5. The van der Waals surface area contributed by atoms with Crippen molar-refractivity contribution < 1.29 is 9.59 Å². The van der Waals surface area contributed by atoms with Gasteiger partial charge in [-0.1, -0.05) is 20.8 Å². The number of benzene rings is 1. The Morgan fingerprint density at radius 3 is 2.00 bits per heavy atom. The Morgan fingerprint density at radius 1 is 1.16 bits per heavy atom. The van der Waals surface area contributed by atoms with Crippen molar-refractivity contribution in [2.75, 3.05) is 5.32 Å². The average molecular weight is 286 g/mol. The molecule has 1 atom stereocenters. The van der Waals surface area contributed by atoms with E-state index < -0.39 is 11.9 Å². The van der Waals surface area contributed by atoms with Crippen molar-refractivity contribution in [2.24, 2.45) is 16.9 Å². The molecule has 0 bridgehead atoms. The molecule has 1 aromatic rings. The normalized spacial score (nSPS) is 12.2. The highest BCUT2D eigenvalue weighted by Crippen LogP contribution is 2.19. The summed E-state index contributed by atoms with van der Waals surface area (Å²) in [5.41, 5.74) is 11.6. The summed E-state index contributed by atoms with van der Waals surface area (Å²) in [6, 6.07) is 5.75. The minimum Gasteiger partial charge on any atom is -0.366 e. The van der Waals surface area contributed by atoms with Crippen molar-refractivity contribution in [3.05, 3.63) is 29.8 Å². The first-order valence-electron chi connectivity index (χ1n) is 5.68. The third kappa shape index (κ3) is 4.89. The molecule has 0 radical (unpaired) electrons. The van der Waals surface area contributed by atoms with Gasteiger partial charge in [0.15, 0.2) is 0 Å². The lowest BCUT2D eigenvalue weighted by molar-refractivity contribution is -0.119. The molecule has 19 heavy (non-hydrogen) atoms. The number of nitrogens with two attached hydrogens (primary N) is 2. The van der Waals surface area contributed by atoms with Crippen LogP contribution in [0.25, 0.3) is 0 Å². The van der Waals surface area contributed by atoms with Gasteiger partial charge in [0, 0.05) is 11.3 Å². The van der Waals surface area contributed by atoms with E-state index in [1.807, 2.05) is 20.8 Å². The molecule has 1 rings (SSSR count).